The minimum absolute atomic E-state index is 0.763. The number of hydrogen-bond acceptors (Lipinski definition) is 3. The molecule has 0 atom stereocenters. The maximum Gasteiger partial charge on any atom is 0.158 e. The molecule has 0 saturated carbocycles. The summed E-state index contributed by atoms with van der Waals surface area (Å²) in [4.78, 5) is 8.61. The molecule has 2 rings (SSSR count). The number of halogens is 2. The van der Waals surface area contributed by atoms with Crippen LogP contribution in [0.5, 0.6) is 0 Å². The summed E-state index contributed by atoms with van der Waals surface area (Å²) >= 11 is 6.70. The molecule has 0 N–H and O–H groups in total. The summed E-state index contributed by atoms with van der Waals surface area (Å²) in [6.07, 6.45) is 4.38. The lowest BCUT2D eigenvalue weighted by Crippen LogP contribution is -2.02. The van der Waals surface area contributed by atoms with Gasteiger partial charge in [-0.3, -0.25) is 0 Å². The normalized spacial score (nSPS) is 10.6. The lowest BCUT2D eigenvalue weighted by atomic mass is 10.4. The van der Waals surface area contributed by atoms with Crippen molar-refractivity contribution in [2.45, 2.75) is 13.3 Å². The summed E-state index contributed by atoms with van der Waals surface area (Å²) < 4.78 is 3.40. The molecule has 0 aliphatic rings. The van der Waals surface area contributed by atoms with Crippen molar-refractivity contribution in [2.24, 2.45) is 0 Å². The highest BCUT2D eigenvalue weighted by Gasteiger charge is 2.04. The van der Waals surface area contributed by atoms with Crippen molar-refractivity contribution in [2.75, 3.05) is 0 Å². The van der Waals surface area contributed by atoms with Crippen LogP contribution >= 0.6 is 31.9 Å². The zero-order valence-corrected chi connectivity index (χ0v) is 11.2. The molecule has 2 aromatic heterocycles. The zero-order valence-electron chi connectivity index (χ0n) is 7.98. The molecule has 0 aromatic carbocycles. The third-order valence-corrected chi connectivity index (χ3v) is 2.65. The lowest BCUT2D eigenvalue weighted by molar-refractivity contribution is 0.808. The van der Waals surface area contributed by atoms with E-state index >= 15 is 0 Å². The minimum Gasteiger partial charge on any atom is -0.226 e. The van der Waals surface area contributed by atoms with Crippen LogP contribution in [0.1, 0.15) is 12.7 Å². The third kappa shape index (κ3) is 2.43. The molecule has 2 aromatic rings. The van der Waals surface area contributed by atoms with E-state index in [4.69, 9.17) is 0 Å². The summed E-state index contributed by atoms with van der Waals surface area (Å²) in [5.74, 6) is 1.56. The Morgan fingerprint density at radius 3 is 2.73 bits per heavy atom. The first kappa shape index (κ1) is 10.8. The van der Waals surface area contributed by atoms with Crippen LogP contribution in [-0.2, 0) is 6.42 Å². The molecule has 0 bridgehead atoms. The van der Waals surface area contributed by atoms with E-state index in [0.29, 0.717) is 0 Å². The molecule has 0 unspecified atom stereocenters. The topological polar surface area (TPSA) is 43.6 Å². The molecule has 0 aliphatic carbocycles. The van der Waals surface area contributed by atoms with Crippen LogP contribution in [0, 0.1) is 0 Å². The van der Waals surface area contributed by atoms with Gasteiger partial charge in [0.05, 0.1) is 10.7 Å². The van der Waals surface area contributed by atoms with Crippen molar-refractivity contribution < 1.29 is 0 Å². The van der Waals surface area contributed by atoms with Gasteiger partial charge in [-0.1, -0.05) is 6.92 Å². The highest BCUT2D eigenvalue weighted by Crippen LogP contribution is 2.14. The van der Waals surface area contributed by atoms with Crippen molar-refractivity contribution in [3.8, 4) is 5.82 Å². The molecule has 0 aliphatic heterocycles. The summed E-state index contributed by atoms with van der Waals surface area (Å²) in [6, 6.07) is 1.83. The van der Waals surface area contributed by atoms with Crippen LogP contribution in [0.25, 0.3) is 5.82 Å². The molecule has 15 heavy (non-hydrogen) atoms. The van der Waals surface area contributed by atoms with Gasteiger partial charge in [-0.15, -0.1) is 0 Å². The van der Waals surface area contributed by atoms with Gasteiger partial charge in [-0.05, 0) is 31.9 Å². The number of aromatic nitrogens is 4. The van der Waals surface area contributed by atoms with Gasteiger partial charge in [-0.25, -0.2) is 14.6 Å². The van der Waals surface area contributed by atoms with E-state index < -0.39 is 0 Å². The van der Waals surface area contributed by atoms with Crippen LogP contribution in [-0.4, -0.2) is 19.7 Å². The smallest absolute Gasteiger partial charge is 0.158 e. The van der Waals surface area contributed by atoms with E-state index in [-0.39, 0.29) is 0 Å². The Balaban J connectivity index is 2.48. The molecule has 78 valence electrons. The first-order chi connectivity index (χ1) is 7.19. The van der Waals surface area contributed by atoms with E-state index in [2.05, 4.69) is 46.9 Å². The molecule has 0 amide bonds. The Labute approximate surface area is 104 Å². The maximum atomic E-state index is 4.37. The average Bonchev–Trinajstić information content (AvgIpc) is 2.64. The van der Waals surface area contributed by atoms with E-state index in [1.54, 1.807) is 10.9 Å². The Morgan fingerprint density at radius 2 is 2.13 bits per heavy atom. The van der Waals surface area contributed by atoms with Crippen molar-refractivity contribution in [3.63, 3.8) is 0 Å². The van der Waals surface area contributed by atoms with Gasteiger partial charge in [0, 0.05) is 18.7 Å². The average molecular weight is 332 g/mol. The first-order valence-electron chi connectivity index (χ1n) is 4.43. The molecule has 0 fully saturated rings. The lowest BCUT2D eigenvalue weighted by Gasteiger charge is -2.03. The monoisotopic (exact) mass is 330 g/mol. The maximum absolute atomic E-state index is 4.37. The van der Waals surface area contributed by atoms with Crippen LogP contribution in [0.3, 0.4) is 0 Å². The third-order valence-electron chi connectivity index (χ3n) is 1.83. The summed E-state index contributed by atoms with van der Waals surface area (Å²) in [5, 5.41) is 4.16. The van der Waals surface area contributed by atoms with Crippen LogP contribution in [0.15, 0.2) is 27.5 Å². The fourth-order valence-corrected chi connectivity index (χ4v) is 1.85. The Morgan fingerprint density at radius 1 is 1.33 bits per heavy atom. The fourth-order valence-electron chi connectivity index (χ4n) is 1.15. The molecule has 0 radical (unpaired) electrons. The predicted molar refractivity (Wildman–Crippen MR) is 63.9 cm³/mol. The highest BCUT2D eigenvalue weighted by molar-refractivity contribution is 9.10. The van der Waals surface area contributed by atoms with E-state index in [0.717, 1.165) is 27.1 Å². The van der Waals surface area contributed by atoms with Gasteiger partial charge in [-0.2, -0.15) is 5.10 Å². The number of nitrogens with zero attached hydrogens (tertiary/aromatic N) is 4. The highest BCUT2D eigenvalue weighted by atomic mass is 79.9. The Bertz CT molecular complexity index is 481. The van der Waals surface area contributed by atoms with Gasteiger partial charge in [0.1, 0.15) is 10.4 Å². The molecule has 4 nitrogen and oxygen atoms in total. The van der Waals surface area contributed by atoms with Crippen LogP contribution < -0.4 is 0 Å². The second-order valence-corrected chi connectivity index (χ2v) is 4.65. The molecule has 6 heteroatoms. The molecule has 2 heterocycles. The zero-order chi connectivity index (χ0) is 10.8. The molecular formula is C9H8Br2N4. The van der Waals surface area contributed by atoms with Crippen LogP contribution in [0.2, 0.25) is 0 Å². The van der Waals surface area contributed by atoms with Gasteiger partial charge >= 0.3 is 0 Å². The van der Waals surface area contributed by atoms with Gasteiger partial charge < -0.3 is 0 Å². The molecule has 0 saturated heterocycles. The van der Waals surface area contributed by atoms with Gasteiger partial charge in [0.2, 0.25) is 0 Å². The summed E-state index contributed by atoms with van der Waals surface area (Å²) in [5.41, 5.74) is 0. The molecular weight excluding hydrogens is 324 g/mol. The van der Waals surface area contributed by atoms with E-state index in [1.165, 1.54) is 0 Å². The van der Waals surface area contributed by atoms with Gasteiger partial charge in [0.25, 0.3) is 0 Å². The van der Waals surface area contributed by atoms with E-state index in [1.807, 2.05) is 19.2 Å². The van der Waals surface area contributed by atoms with Crippen molar-refractivity contribution in [1.82, 2.24) is 19.7 Å². The number of rotatable bonds is 2. The molecule has 0 spiro atoms. The Kier molecular flexibility index (Phi) is 3.16. The summed E-state index contributed by atoms with van der Waals surface area (Å²) in [6.45, 7) is 2.02. The Hall–Kier alpha value is -0.750. The SMILES string of the molecule is CCc1nc(Br)cc(-n2cc(Br)cn2)n1. The van der Waals surface area contributed by atoms with Crippen LogP contribution in [0.4, 0.5) is 0 Å². The summed E-state index contributed by atoms with van der Waals surface area (Å²) in [7, 11) is 0. The second kappa shape index (κ2) is 4.40. The van der Waals surface area contributed by atoms with Gasteiger partial charge in [0.15, 0.2) is 5.82 Å². The van der Waals surface area contributed by atoms with Crippen molar-refractivity contribution >= 4 is 31.9 Å². The van der Waals surface area contributed by atoms with Crippen molar-refractivity contribution in [3.05, 3.63) is 33.4 Å². The quantitative estimate of drug-likeness (QED) is 0.795. The number of aryl methyl sites for hydroxylation is 1. The van der Waals surface area contributed by atoms with Crippen molar-refractivity contribution in [1.29, 1.82) is 0 Å². The second-order valence-electron chi connectivity index (χ2n) is 2.92. The fraction of sp³-hybridized carbons (Fsp3) is 0.222. The van der Waals surface area contributed by atoms with E-state index in [9.17, 15) is 0 Å². The number of hydrogen-bond donors (Lipinski definition) is 0. The first-order valence-corrected chi connectivity index (χ1v) is 6.01. The standard InChI is InChI=1S/C9H8Br2N4/c1-2-8-13-7(11)3-9(14-8)15-5-6(10)4-12-15/h3-5H,2H2,1H3. The minimum atomic E-state index is 0.763. The largest absolute Gasteiger partial charge is 0.226 e. The predicted octanol–water partition coefficient (Wildman–Crippen LogP) is 2.75.